The molecule has 0 saturated carbocycles. The average Bonchev–Trinajstić information content (AvgIpc) is 3.05. The third-order valence-electron chi connectivity index (χ3n) is 7.50. The van der Waals surface area contributed by atoms with Gasteiger partial charge in [0, 0.05) is 32.7 Å². The van der Waals surface area contributed by atoms with Gasteiger partial charge in [-0.3, -0.25) is 4.79 Å². The van der Waals surface area contributed by atoms with E-state index in [4.69, 9.17) is 14.9 Å². The third kappa shape index (κ3) is 37.1. The quantitative estimate of drug-likeness (QED) is 0.0575. The van der Waals surface area contributed by atoms with Gasteiger partial charge < -0.3 is 30.3 Å². The Labute approximate surface area is 291 Å². The van der Waals surface area contributed by atoms with Crippen LogP contribution in [0.5, 0.6) is 0 Å². The highest BCUT2D eigenvalue weighted by Gasteiger charge is 2.20. The van der Waals surface area contributed by atoms with Gasteiger partial charge in [0.2, 0.25) is 0 Å². The molecule has 7 atom stereocenters. The maximum atomic E-state index is 12.2. The summed E-state index contributed by atoms with van der Waals surface area (Å²) in [5.41, 5.74) is 1.77. The van der Waals surface area contributed by atoms with Gasteiger partial charge in [-0.2, -0.15) is 0 Å². The molecule has 0 saturated heterocycles. The molecule has 6 unspecified atom stereocenters. The molecule has 0 bridgehead atoms. The normalized spacial score (nSPS) is 15.6. The zero-order chi connectivity index (χ0) is 37.8. The standard InChI is InChI=1S/C31H54O5.C4H10O.2C2H6.CH4O/c1-22(2)29(34)21-30(35)25(5)14-12-10-9-11-13-15-26(6)31(36-27(7)18-19-32)20-23(3)16-17-24(4)28(8)33;1-2-3-4-5;3*1-2/h9-11,13,15,23-25,27-29,31-34H,1,12,14,16-21H2,2-8H3;5H,2-4H2,1H3;2*1-2H3;2H,1H3/b10-9+,13-11+,26-15+;;;;/t23?,24?,25-,27?,28?,29?,31?;;;;/m1..../s1. The molecule has 0 rings (SSSR count). The van der Waals surface area contributed by atoms with Crippen LogP contribution in [0.1, 0.15) is 141 Å². The van der Waals surface area contributed by atoms with Crippen molar-refractivity contribution in [1.82, 2.24) is 0 Å². The van der Waals surface area contributed by atoms with Crippen LogP contribution in [-0.2, 0) is 9.53 Å². The highest BCUT2D eigenvalue weighted by Crippen LogP contribution is 2.24. The second kappa shape index (κ2) is 40.6. The summed E-state index contributed by atoms with van der Waals surface area (Å²) in [6.45, 7) is 28.1. The molecule has 0 aromatic rings. The number of unbranched alkanes of at least 4 members (excludes halogenated alkanes) is 1. The fourth-order valence-corrected chi connectivity index (χ4v) is 3.94. The van der Waals surface area contributed by atoms with Crippen LogP contribution in [0.3, 0.4) is 0 Å². The summed E-state index contributed by atoms with van der Waals surface area (Å²) in [5.74, 6) is 0.740. The molecule has 0 aromatic heterocycles. The van der Waals surface area contributed by atoms with Crippen LogP contribution in [0.15, 0.2) is 48.1 Å². The van der Waals surface area contributed by atoms with Crippen molar-refractivity contribution < 1.29 is 35.1 Å². The predicted octanol–water partition coefficient (Wildman–Crippen LogP) is 8.78. The van der Waals surface area contributed by atoms with E-state index in [9.17, 15) is 20.1 Å². The predicted molar refractivity (Wildman–Crippen MR) is 204 cm³/mol. The molecule has 0 amide bonds. The van der Waals surface area contributed by atoms with E-state index in [1.165, 1.54) is 0 Å². The van der Waals surface area contributed by atoms with E-state index in [1.807, 2.05) is 66.7 Å². The van der Waals surface area contributed by atoms with Crippen LogP contribution < -0.4 is 0 Å². The Kier molecular flexibility index (Phi) is 47.3. The lowest BCUT2D eigenvalue weighted by molar-refractivity contribution is -0.124. The van der Waals surface area contributed by atoms with Crippen LogP contribution in [0.25, 0.3) is 0 Å². The summed E-state index contributed by atoms with van der Waals surface area (Å²) in [5, 5.41) is 43.9. The van der Waals surface area contributed by atoms with E-state index >= 15 is 0 Å². The van der Waals surface area contributed by atoms with Gasteiger partial charge in [0.15, 0.2) is 0 Å². The number of hydrogen-bond donors (Lipinski definition) is 5. The van der Waals surface area contributed by atoms with Crippen molar-refractivity contribution in [2.75, 3.05) is 20.3 Å². The summed E-state index contributed by atoms with van der Waals surface area (Å²) in [6.07, 6.45) is 16.4. The van der Waals surface area contributed by atoms with E-state index in [-0.39, 0.29) is 49.0 Å². The lowest BCUT2D eigenvalue weighted by Crippen LogP contribution is -2.24. The lowest BCUT2D eigenvalue weighted by atomic mass is 9.90. The second-order valence-corrected chi connectivity index (χ2v) is 11.9. The number of carbonyl (C=O) groups is 1. The maximum Gasteiger partial charge on any atom is 0.138 e. The average molecular weight is 673 g/mol. The summed E-state index contributed by atoms with van der Waals surface area (Å²) in [4.78, 5) is 12.2. The SMILES string of the molecule is C=C(C)C(O)CC(=O)[C@H](C)CC/C=C/C=C/C=C(\C)C(CC(C)CCC(C)C(C)O)OC(C)CCO.CC.CC.CCCCO.CO. The van der Waals surface area contributed by atoms with Crippen molar-refractivity contribution in [3.63, 3.8) is 0 Å². The second-order valence-electron chi connectivity index (χ2n) is 11.9. The number of aliphatic hydroxyl groups excluding tert-OH is 5. The monoisotopic (exact) mass is 673 g/mol. The molecule has 0 aliphatic rings. The van der Waals surface area contributed by atoms with Gasteiger partial charge in [0.1, 0.15) is 5.78 Å². The summed E-state index contributed by atoms with van der Waals surface area (Å²) in [6, 6.07) is 0. The molecule has 0 fully saturated rings. The molecule has 0 aliphatic heterocycles. The lowest BCUT2D eigenvalue weighted by Gasteiger charge is -2.26. The fourth-order valence-electron chi connectivity index (χ4n) is 3.94. The first-order valence-corrected chi connectivity index (χ1v) is 18.2. The largest absolute Gasteiger partial charge is 0.400 e. The Balaban J connectivity index is -0.000000468. The summed E-state index contributed by atoms with van der Waals surface area (Å²) >= 11 is 0. The number of Topliss-reactive ketones (excluding diaryl/α,β-unsaturated/α-hetero) is 1. The van der Waals surface area contributed by atoms with Crippen LogP contribution in [-0.4, -0.2) is 76.1 Å². The Morgan fingerprint density at radius 1 is 0.830 bits per heavy atom. The van der Waals surface area contributed by atoms with Gasteiger partial charge in [0.05, 0.1) is 24.4 Å². The Morgan fingerprint density at radius 2 is 1.40 bits per heavy atom. The molecule has 0 spiro atoms. The van der Waals surface area contributed by atoms with E-state index in [0.29, 0.717) is 24.5 Å². The number of rotatable bonds is 22. The highest BCUT2D eigenvalue weighted by atomic mass is 16.5. The molecule has 0 aromatic carbocycles. The van der Waals surface area contributed by atoms with Crippen molar-refractivity contribution in [3.05, 3.63) is 48.1 Å². The smallest absolute Gasteiger partial charge is 0.138 e. The minimum Gasteiger partial charge on any atom is -0.400 e. The van der Waals surface area contributed by atoms with E-state index < -0.39 is 6.10 Å². The Bertz CT molecular complexity index is 756. The Hall–Kier alpha value is -1.61. The van der Waals surface area contributed by atoms with Crippen LogP contribution >= 0.6 is 0 Å². The third-order valence-corrected chi connectivity index (χ3v) is 7.50. The highest BCUT2D eigenvalue weighted by molar-refractivity contribution is 5.81. The zero-order valence-corrected chi connectivity index (χ0v) is 33.0. The zero-order valence-electron chi connectivity index (χ0n) is 33.0. The molecule has 0 heterocycles. The molecule has 0 aliphatic carbocycles. The fraction of sp³-hybridized carbons (Fsp3) is 0.775. The molecule has 7 heteroatoms. The van der Waals surface area contributed by atoms with Gasteiger partial charge >= 0.3 is 0 Å². The molecule has 47 heavy (non-hydrogen) atoms. The van der Waals surface area contributed by atoms with Crippen molar-refractivity contribution in [1.29, 1.82) is 0 Å². The van der Waals surface area contributed by atoms with E-state index in [1.54, 1.807) is 6.92 Å². The molecular formula is C40H80O7. The van der Waals surface area contributed by atoms with E-state index in [2.05, 4.69) is 46.4 Å². The molecule has 0 radical (unpaired) electrons. The van der Waals surface area contributed by atoms with Crippen LogP contribution in [0, 0.1) is 17.8 Å². The topological polar surface area (TPSA) is 127 Å². The van der Waals surface area contributed by atoms with Gasteiger partial charge in [-0.15, -0.1) is 0 Å². The van der Waals surface area contributed by atoms with Crippen molar-refractivity contribution >= 4 is 5.78 Å². The van der Waals surface area contributed by atoms with Crippen molar-refractivity contribution in [3.8, 4) is 0 Å². The number of carbonyl (C=O) groups excluding carboxylic acids is 1. The van der Waals surface area contributed by atoms with Crippen LogP contribution in [0.4, 0.5) is 0 Å². The van der Waals surface area contributed by atoms with Crippen molar-refractivity contribution in [2.45, 2.75) is 165 Å². The molecule has 5 N–H and O–H groups in total. The van der Waals surface area contributed by atoms with Gasteiger partial charge in [-0.25, -0.2) is 0 Å². The minimum absolute atomic E-state index is 0.0153. The molecular weight excluding hydrogens is 592 g/mol. The first-order chi connectivity index (χ1) is 22.3. The maximum absolute atomic E-state index is 12.2. The number of ether oxygens (including phenoxy) is 1. The van der Waals surface area contributed by atoms with Crippen molar-refractivity contribution in [2.24, 2.45) is 17.8 Å². The number of ketones is 1. The Morgan fingerprint density at radius 3 is 1.85 bits per heavy atom. The number of hydrogen-bond acceptors (Lipinski definition) is 7. The van der Waals surface area contributed by atoms with E-state index in [0.717, 1.165) is 57.6 Å². The molecule has 7 nitrogen and oxygen atoms in total. The number of allylic oxidation sites excluding steroid dienone is 5. The summed E-state index contributed by atoms with van der Waals surface area (Å²) < 4.78 is 6.28. The first kappa shape index (κ1) is 54.8. The first-order valence-electron chi connectivity index (χ1n) is 18.2. The molecule has 282 valence electrons. The van der Waals surface area contributed by atoms with Gasteiger partial charge in [-0.05, 0) is 83.6 Å². The van der Waals surface area contributed by atoms with Crippen LogP contribution in [0.2, 0.25) is 0 Å². The summed E-state index contributed by atoms with van der Waals surface area (Å²) in [7, 11) is 1.00. The minimum atomic E-state index is -0.747. The van der Waals surface area contributed by atoms with Gasteiger partial charge in [-0.1, -0.05) is 111 Å². The van der Waals surface area contributed by atoms with Gasteiger partial charge in [0.25, 0.3) is 0 Å². The number of aliphatic hydroxyl groups is 5.